The number of aromatic nitrogens is 1. The lowest BCUT2D eigenvalue weighted by molar-refractivity contribution is 0.615. The third kappa shape index (κ3) is 1.71. The molecule has 0 aliphatic carbocycles. The van der Waals surface area contributed by atoms with Crippen LogP contribution in [-0.4, -0.2) is 11.5 Å². The first kappa shape index (κ1) is 9.06. The third-order valence-corrected chi connectivity index (χ3v) is 2.20. The molecule has 0 bridgehead atoms. The molecule has 0 saturated heterocycles. The average molecular weight is 190 g/mol. The number of unbranched alkanes of at least 4 members (excludes halogenated alkanes) is 1. The van der Waals surface area contributed by atoms with Gasteiger partial charge in [0.1, 0.15) is 11.4 Å². The van der Waals surface area contributed by atoms with Gasteiger partial charge in [0.15, 0.2) is 0 Å². The van der Waals surface area contributed by atoms with E-state index in [0.29, 0.717) is 0 Å². The van der Waals surface area contributed by atoms with Crippen LogP contribution in [0.15, 0.2) is 29.0 Å². The van der Waals surface area contributed by atoms with Gasteiger partial charge in [0.2, 0.25) is 0 Å². The Bertz CT molecular complexity index is 408. The van der Waals surface area contributed by atoms with Crippen molar-refractivity contribution in [1.82, 2.24) is 4.98 Å². The number of fused-ring (bicyclic) bond motifs is 1. The molecule has 2 aromatic heterocycles. The van der Waals surface area contributed by atoms with E-state index in [2.05, 4.69) is 17.2 Å². The van der Waals surface area contributed by atoms with Crippen LogP contribution in [0.4, 0.5) is 5.82 Å². The lowest BCUT2D eigenvalue weighted by Gasteiger charge is -2.04. The van der Waals surface area contributed by atoms with Crippen LogP contribution in [0.2, 0.25) is 0 Å². The van der Waals surface area contributed by atoms with Crippen LogP contribution in [0.5, 0.6) is 0 Å². The molecule has 0 amide bonds. The largest absolute Gasteiger partial charge is 0.464 e. The number of pyridine rings is 1. The van der Waals surface area contributed by atoms with Crippen LogP contribution in [0.3, 0.4) is 0 Å². The van der Waals surface area contributed by atoms with Gasteiger partial charge in [-0.3, -0.25) is 0 Å². The topological polar surface area (TPSA) is 38.1 Å². The number of furan rings is 1. The van der Waals surface area contributed by atoms with Gasteiger partial charge < -0.3 is 9.73 Å². The molecule has 0 atom stereocenters. The number of hydrogen-bond acceptors (Lipinski definition) is 3. The van der Waals surface area contributed by atoms with Crippen molar-refractivity contribution in [3.8, 4) is 0 Å². The van der Waals surface area contributed by atoms with Crippen molar-refractivity contribution in [3.63, 3.8) is 0 Å². The minimum Gasteiger partial charge on any atom is -0.464 e. The minimum absolute atomic E-state index is 0.888. The maximum atomic E-state index is 5.28. The van der Waals surface area contributed by atoms with Gasteiger partial charge in [-0.25, -0.2) is 4.98 Å². The molecule has 0 fully saturated rings. The van der Waals surface area contributed by atoms with Crippen molar-refractivity contribution in [1.29, 1.82) is 0 Å². The molecule has 0 aliphatic rings. The van der Waals surface area contributed by atoms with Gasteiger partial charge in [0.05, 0.1) is 11.6 Å². The Kier molecular flexibility index (Phi) is 2.68. The zero-order chi connectivity index (χ0) is 9.80. The van der Waals surface area contributed by atoms with Crippen molar-refractivity contribution in [2.45, 2.75) is 19.8 Å². The number of nitrogens with one attached hydrogen (secondary N) is 1. The molecular formula is C11H14N2O. The molecule has 0 aromatic carbocycles. The summed E-state index contributed by atoms with van der Waals surface area (Å²) in [6.07, 6.45) is 5.81. The SMILES string of the molecule is CCCCNc1nccc2occc12. The number of hydrogen-bond donors (Lipinski definition) is 1. The summed E-state index contributed by atoms with van der Waals surface area (Å²) in [5.74, 6) is 0.921. The second-order valence-corrected chi connectivity index (χ2v) is 3.27. The molecule has 0 saturated carbocycles. The zero-order valence-corrected chi connectivity index (χ0v) is 8.29. The molecule has 0 spiro atoms. The molecule has 74 valence electrons. The van der Waals surface area contributed by atoms with Gasteiger partial charge in [-0.2, -0.15) is 0 Å². The van der Waals surface area contributed by atoms with Gasteiger partial charge in [-0.1, -0.05) is 13.3 Å². The fourth-order valence-electron chi connectivity index (χ4n) is 1.42. The van der Waals surface area contributed by atoms with Crippen molar-refractivity contribution in [2.24, 2.45) is 0 Å². The summed E-state index contributed by atoms with van der Waals surface area (Å²) in [6, 6.07) is 3.82. The quantitative estimate of drug-likeness (QED) is 0.753. The van der Waals surface area contributed by atoms with Crippen LogP contribution in [0.25, 0.3) is 11.0 Å². The maximum Gasteiger partial charge on any atom is 0.139 e. The van der Waals surface area contributed by atoms with Crippen LogP contribution >= 0.6 is 0 Å². The van der Waals surface area contributed by atoms with E-state index in [9.17, 15) is 0 Å². The highest BCUT2D eigenvalue weighted by atomic mass is 16.3. The van der Waals surface area contributed by atoms with Gasteiger partial charge in [0.25, 0.3) is 0 Å². The van der Waals surface area contributed by atoms with Crippen LogP contribution in [0.1, 0.15) is 19.8 Å². The fraction of sp³-hybridized carbons (Fsp3) is 0.364. The molecule has 2 aromatic rings. The molecule has 0 aliphatic heterocycles. The number of anilines is 1. The fourth-order valence-corrected chi connectivity index (χ4v) is 1.42. The minimum atomic E-state index is 0.888. The standard InChI is InChI=1S/C11H14N2O/c1-2-3-6-12-11-9-5-8-14-10(9)4-7-13-11/h4-5,7-8H,2-3,6H2,1H3,(H,12,13). The first-order chi connectivity index (χ1) is 6.92. The molecule has 1 N–H and O–H groups in total. The first-order valence-electron chi connectivity index (χ1n) is 4.98. The summed E-state index contributed by atoms with van der Waals surface area (Å²) in [4.78, 5) is 4.28. The van der Waals surface area contributed by atoms with Crippen LogP contribution < -0.4 is 5.32 Å². The second kappa shape index (κ2) is 4.13. The zero-order valence-electron chi connectivity index (χ0n) is 8.29. The number of nitrogens with zero attached hydrogens (tertiary/aromatic N) is 1. The first-order valence-corrected chi connectivity index (χ1v) is 4.98. The molecule has 2 heterocycles. The molecular weight excluding hydrogens is 176 g/mol. The Morgan fingerprint density at radius 2 is 2.36 bits per heavy atom. The molecule has 3 heteroatoms. The average Bonchev–Trinajstić information content (AvgIpc) is 2.67. The second-order valence-electron chi connectivity index (χ2n) is 3.27. The van der Waals surface area contributed by atoms with Crippen molar-refractivity contribution in [3.05, 3.63) is 24.6 Å². The van der Waals surface area contributed by atoms with E-state index in [0.717, 1.165) is 29.8 Å². The van der Waals surface area contributed by atoms with E-state index in [1.54, 1.807) is 12.5 Å². The Balaban J connectivity index is 2.19. The van der Waals surface area contributed by atoms with Gasteiger partial charge in [-0.05, 0) is 18.6 Å². The Labute approximate surface area is 83.1 Å². The van der Waals surface area contributed by atoms with Gasteiger partial charge in [-0.15, -0.1) is 0 Å². The summed E-state index contributed by atoms with van der Waals surface area (Å²) < 4.78 is 5.28. The predicted molar refractivity (Wildman–Crippen MR) is 57.4 cm³/mol. The van der Waals surface area contributed by atoms with E-state index in [-0.39, 0.29) is 0 Å². The highest BCUT2D eigenvalue weighted by molar-refractivity contribution is 5.87. The van der Waals surface area contributed by atoms with Crippen molar-refractivity contribution < 1.29 is 4.42 Å². The van der Waals surface area contributed by atoms with E-state index in [1.807, 2.05) is 12.1 Å². The van der Waals surface area contributed by atoms with Gasteiger partial charge in [0, 0.05) is 12.7 Å². The third-order valence-electron chi connectivity index (χ3n) is 2.20. The Hall–Kier alpha value is -1.51. The molecule has 0 radical (unpaired) electrons. The summed E-state index contributed by atoms with van der Waals surface area (Å²) in [5.41, 5.74) is 0.888. The predicted octanol–water partition coefficient (Wildman–Crippen LogP) is 3.04. The molecule has 0 unspecified atom stereocenters. The van der Waals surface area contributed by atoms with Crippen molar-refractivity contribution >= 4 is 16.8 Å². The van der Waals surface area contributed by atoms with E-state index < -0.39 is 0 Å². The Morgan fingerprint density at radius 1 is 1.43 bits per heavy atom. The number of rotatable bonds is 4. The van der Waals surface area contributed by atoms with E-state index in [1.165, 1.54) is 6.42 Å². The Morgan fingerprint density at radius 3 is 3.21 bits per heavy atom. The lowest BCUT2D eigenvalue weighted by Crippen LogP contribution is -2.02. The lowest BCUT2D eigenvalue weighted by atomic mass is 10.3. The normalized spacial score (nSPS) is 10.6. The summed E-state index contributed by atoms with van der Waals surface area (Å²) in [7, 11) is 0. The van der Waals surface area contributed by atoms with Crippen LogP contribution in [-0.2, 0) is 0 Å². The summed E-state index contributed by atoms with van der Waals surface area (Å²) in [5, 5.41) is 4.36. The van der Waals surface area contributed by atoms with E-state index in [4.69, 9.17) is 4.42 Å². The summed E-state index contributed by atoms with van der Waals surface area (Å²) in [6.45, 7) is 3.14. The van der Waals surface area contributed by atoms with Gasteiger partial charge >= 0.3 is 0 Å². The maximum absolute atomic E-state index is 5.28. The summed E-state index contributed by atoms with van der Waals surface area (Å²) >= 11 is 0. The monoisotopic (exact) mass is 190 g/mol. The smallest absolute Gasteiger partial charge is 0.139 e. The molecule has 3 nitrogen and oxygen atoms in total. The highest BCUT2D eigenvalue weighted by Crippen LogP contribution is 2.21. The molecule has 2 rings (SSSR count). The van der Waals surface area contributed by atoms with Crippen molar-refractivity contribution in [2.75, 3.05) is 11.9 Å². The van der Waals surface area contributed by atoms with E-state index >= 15 is 0 Å². The van der Waals surface area contributed by atoms with Crippen LogP contribution in [0, 0.1) is 0 Å². The molecule has 14 heavy (non-hydrogen) atoms. The highest BCUT2D eigenvalue weighted by Gasteiger charge is 2.02.